The van der Waals surface area contributed by atoms with Crippen molar-refractivity contribution in [1.82, 2.24) is 0 Å². The van der Waals surface area contributed by atoms with Crippen LogP contribution in [0.25, 0.3) is 0 Å². The van der Waals surface area contributed by atoms with E-state index in [0.717, 1.165) is 10.5 Å². The fraction of sp³-hybridized carbons (Fsp3) is 0.100. The number of urea groups is 1. The molecular formula is C10H7ClN2O2. The summed E-state index contributed by atoms with van der Waals surface area (Å²) in [6.07, 6.45) is 2.90. The zero-order valence-electron chi connectivity index (χ0n) is 7.66. The SMILES string of the molecule is NC(=O)N1C(=O)[C]Cc2ccc(Cl)cc21. The summed E-state index contributed by atoms with van der Waals surface area (Å²) < 4.78 is 0. The van der Waals surface area contributed by atoms with Gasteiger partial charge in [0.2, 0.25) is 5.91 Å². The van der Waals surface area contributed by atoms with Gasteiger partial charge in [-0.3, -0.25) is 4.79 Å². The molecule has 0 saturated carbocycles. The first-order chi connectivity index (χ1) is 7.09. The normalized spacial score (nSPS) is 15.0. The van der Waals surface area contributed by atoms with Gasteiger partial charge in [0.25, 0.3) is 0 Å². The summed E-state index contributed by atoms with van der Waals surface area (Å²) in [5, 5.41) is 0.453. The van der Waals surface area contributed by atoms with Gasteiger partial charge in [-0.15, -0.1) is 0 Å². The molecule has 0 saturated heterocycles. The van der Waals surface area contributed by atoms with Crippen molar-refractivity contribution in [2.45, 2.75) is 6.42 Å². The van der Waals surface area contributed by atoms with Crippen LogP contribution in [0.5, 0.6) is 0 Å². The maximum Gasteiger partial charge on any atom is 0.326 e. The molecule has 1 aliphatic heterocycles. The number of nitrogens with zero attached hydrogens (tertiary/aromatic N) is 1. The van der Waals surface area contributed by atoms with Crippen molar-refractivity contribution in [3.05, 3.63) is 35.2 Å². The second kappa shape index (κ2) is 3.55. The third-order valence-electron chi connectivity index (χ3n) is 2.14. The van der Waals surface area contributed by atoms with Crippen LogP contribution in [0, 0.1) is 6.42 Å². The van der Waals surface area contributed by atoms with Crippen LogP contribution in [0.4, 0.5) is 10.5 Å². The number of fused-ring (bicyclic) bond motifs is 1. The highest BCUT2D eigenvalue weighted by molar-refractivity contribution is 6.31. The van der Waals surface area contributed by atoms with Gasteiger partial charge < -0.3 is 5.73 Å². The predicted octanol–water partition coefficient (Wildman–Crippen LogP) is 1.39. The average Bonchev–Trinajstić information content (AvgIpc) is 2.16. The van der Waals surface area contributed by atoms with Gasteiger partial charge >= 0.3 is 6.03 Å². The minimum absolute atomic E-state index is 0.370. The molecule has 1 heterocycles. The number of benzene rings is 1. The van der Waals surface area contributed by atoms with Crippen molar-refractivity contribution < 1.29 is 9.59 Å². The Bertz CT molecular complexity index is 445. The molecule has 0 atom stereocenters. The fourth-order valence-electron chi connectivity index (χ4n) is 1.47. The van der Waals surface area contributed by atoms with Crippen LogP contribution in [-0.2, 0) is 11.2 Å². The molecule has 0 bridgehead atoms. The molecule has 2 rings (SSSR count). The first-order valence-electron chi connectivity index (χ1n) is 4.25. The summed E-state index contributed by atoms with van der Waals surface area (Å²) in [5.74, 6) is -0.530. The van der Waals surface area contributed by atoms with Gasteiger partial charge in [-0.25, -0.2) is 9.69 Å². The van der Waals surface area contributed by atoms with Gasteiger partial charge in [0, 0.05) is 5.02 Å². The molecule has 0 aromatic heterocycles. The number of nitrogens with two attached hydrogens (primary N) is 1. The van der Waals surface area contributed by atoms with E-state index in [0.29, 0.717) is 17.1 Å². The summed E-state index contributed by atoms with van der Waals surface area (Å²) in [5.41, 5.74) is 6.35. The largest absolute Gasteiger partial charge is 0.351 e. The molecule has 15 heavy (non-hydrogen) atoms. The molecule has 0 spiro atoms. The van der Waals surface area contributed by atoms with Crippen LogP contribution in [0.1, 0.15) is 5.56 Å². The summed E-state index contributed by atoms with van der Waals surface area (Å²) in [7, 11) is 0. The molecule has 3 amide bonds. The van der Waals surface area contributed by atoms with E-state index in [1.54, 1.807) is 18.2 Å². The van der Waals surface area contributed by atoms with Crippen molar-refractivity contribution in [3.8, 4) is 0 Å². The zero-order valence-corrected chi connectivity index (χ0v) is 8.41. The van der Waals surface area contributed by atoms with Gasteiger partial charge in [0.15, 0.2) is 0 Å². The lowest BCUT2D eigenvalue weighted by molar-refractivity contribution is -0.115. The third-order valence-corrected chi connectivity index (χ3v) is 2.38. The lowest BCUT2D eigenvalue weighted by atomic mass is 10.0. The van der Waals surface area contributed by atoms with Crippen LogP contribution in [0.3, 0.4) is 0 Å². The van der Waals surface area contributed by atoms with Crippen molar-refractivity contribution in [2.24, 2.45) is 5.73 Å². The van der Waals surface area contributed by atoms with Crippen molar-refractivity contribution in [1.29, 1.82) is 0 Å². The van der Waals surface area contributed by atoms with Gasteiger partial charge in [-0.05, 0) is 24.1 Å². The van der Waals surface area contributed by atoms with E-state index >= 15 is 0 Å². The van der Waals surface area contributed by atoms with E-state index < -0.39 is 11.9 Å². The standard InChI is InChI=1S/C10H7ClN2O2/c11-7-3-1-6-2-4-9(14)13(10(12)15)8(6)5-7/h1,3,5H,2H2,(H2,12,15). The number of carbonyl (C=O) groups is 2. The third kappa shape index (κ3) is 1.68. The van der Waals surface area contributed by atoms with Crippen molar-refractivity contribution in [3.63, 3.8) is 0 Å². The van der Waals surface area contributed by atoms with Crippen LogP contribution < -0.4 is 10.6 Å². The van der Waals surface area contributed by atoms with Crippen LogP contribution in [0.2, 0.25) is 5.02 Å². The maximum absolute atomic E-state index is 11.4. The van der Waals surface area contributed by atoms with Gasteiger partial charge in [0.1, 0.15) is 0 Å². The number of hydrogen-bond donors (Lipinski definition) is 1. The number of rotatable bonds is 0. The lowest BCUT2D eigenvalue weighted by Crippen LogP contribution is -2.43. The van der Waals surface area contributed by atoms with E-state index in [-0.39, 0.29) is 0 Å². The predicted molar refractivity (Wildman–Crippen MR) is 55.5 cm³/mol. The minimum atomic E-state index is -0.823. The minimum Gasteiger partial charge on any atom is -0.351 e. The second-order valence-electron chi connectivity index (χ2n) is 3.11. The van der Waals surface area contributed by atoms with E-state index in [9.17, 15) is 9.59 Å². The van der Waals surface area contributed by atoms with E-state index in [4.69, 9.17) is 17.3 Å². The van der Waals surface area contributed by atoms with Crippen molar-refractivity contribution in [2.75, 3.05) is 4.90 Å². The molecule has 0 fully saturated rings. The highest BCUT2D eigenvalue weighted by Gasteiger charge is 2.28. The molecule has 0 aliphatic carbocycles. The summed E-state index contributed by atoms with van der Waals surface area (Å²) >= 11 is 5.78. The molecule has 0 unspecified atom stereocenters. The number of amides is 3. The lowest BCUT2D eigenvalue weighted by Gasteiger charge is -2.25. The Labute approximate surface area is 91.6 Å². The molecular weight excluding hydrogens is 216 g/mol. The van der Waals surface area contributed by atoms with Crippen LogP contribution in [0.15, 0.2) is 18.2 Å². The summed E-state index contributed by atoms with van der Waals surface area (Å²) in [6.45, 7) is 0. The molecule has 4 nitrogen and oxygen atoms in total. The number of halogens is 1. The monoisotopic (exact) mass is 222 g/mol. The topological polar surface area (TPSA) is 63.4 Å². The zero-order chi connectivity index (χ0) is 11.0. The number of carbonyl (C=O) groups excluding carboxylic acids is 2. The Balaban J connectivity index is 2.55. The summed E-state index contributed by atoms with van der Waals surface area (Å²) in [6, 6.07) is 4.15. The van der Waals surface area contributed by atoms with E-state index in [1.165, 1.54) is 0 Å². The Morgan fingerprint density at radius 3 is 2.93 bits per heavy atom. The Kier molecular flexibility index (Phi) is 2.36. The molecule has 1 aliphatic rings. The number of hydrogen-bond acceptors (Lipinski definition) is 2. The fourth-order valence-corrected chi connectivity index (χ4v) is 1.64. The van der Waals surface area contributed by atoms with Gasteiger partial charge in [-0.2, -0.15) is 0 Å². The number of primary amides is 1. The van der Waals surface area contributed by atoms with Crippen LogP contribution >= 0.6 is 11.6 Å². The molecule has 1 aromatic rings. The molecule has 5 heteroatoms. The Morgan fingerprint density at radius 1 is 1.53 bits per heavy atom. The van der Waals surface area contributed by atoms with Crippen molar-refractivity contribution >= 4 is 29.2 Å². The highest BCUT2D eigenvalue weighted by Crippen LogP contribution is 2.29. The second-order valence-corrected chi connectivity index (χ2v) is 3.54. The number of anilines is 1. The number of imide groups is 1. The molecule has 2 N–H and O–H groups in total. The average molecular weight is 223 g/mol. The maximum atomic E-state index is 11.4. The smallest absolute Gasteiger partial charge is 0.326 e. The van der Waals surface area contributed by atoms with E-state index in [2.05, 4.69) is 6.42 Å². The van der Waals surface area contributed by atoms with Gasteiger partial charge in [-0.1, -0.05) is 17.7 Å². The highest BCUT2D eigenvalue weighted by atomic mass is 35.5. The van der Waals surface area contributed by atoms with E-state index in [1.807, 2.05) is 0 Å². The van der Waals surface area contributed by atoms with Crippen LogP contribution in [-0.4, -0.2) is 11.9 Å². The first kappa shape index (κ1) is 9.98. The van der Waals surface area contributed by atoms with Gasteiger partial charge in [0.05, 0.1) is 12.1 Å². The molecule has 1 aromatic carbocycles. The molecule has 76 valence electrons. The quantitative estimate of drug-likeness (QED) is 0.721. The summed E-state index contributed by atoms with van der Waals surface area (Å²) in [4.78, 5) is 23.3. The molecule has 2 radical (unpaired) electrons. The Hall–Kier alpha value is -1.55. The Morgan fingerprint density at radius 2 is 2.27 bits per heavy atom. The first-order valence-corrected chi connectivity index (χ1v) is 4.63.